The first-order chi connectivity index (χ1) is 9.73. The molecule has 0 saturated heterocycles. The predicted octanol–water partition coefficient (Wildman–Crippen LogP) is 2.46. The molecule has 21 heavy (non-hydrogen) atoms. The number of carbonyl (C=O) groups excluding carboxylic acids is 1. The van der Waals surface area contributed by atoms with Crippen molar-refractivity contribution >= 4 is 5.97 Å². The van der Waals surface area contributed by atoms with Gasteiger partial charge in [-0.2, -0.15) is 0 Å². The molecule has 1 heterocycles. The zero-order valence-corrected chi connectivity index (χ0v) is 13.8. The molecule has 0 bridgehead atoms. The van der Waals surface area contributed by atoms with E-state index in [1.807, 2.05) is 20.8 Å². The van der Waals surface area contributed by atoms with E-state index < -0.39 is 11.6 Å². The first-order valence-electron chi connectivity index (χ1n) is 7.25. The smallest absolute Gasteiger partial charge is 0.340 e. The van der Waals surface area contributed by atoms with Crippen molar-refractivity contribution in [2.24, 2.45) is 0 Å². The Morgan fingerprint density at radius 2 is 1.86 bits per heavy atom. The fourth-order valence-corrected chi connectivity index (χ4v) is 2.45. The zero-order valence-electron chi connectivity index (χ0n) is 13.8. The molecule has 0 amide bonds. The van der Waals surface area contributed by atoms with E-state index in [2.05, 4.69) is 0 Å². The Hall–Kier alpha value is -1.62. The molecule has 1 aromatic rings. The molecule has 5 heteroatoms. The first kappa shape index (κ1) is 17.4. The van der Waals surface area contributed by atoms with Crippen molar-refractivity contribution in [2.45, 2.75) is 53.7 Å². The van der Waals surface area contributed by atoms with Crippen molar-refractivity contribution in [1.82, 2.24) is 4.57 Å². The second-order valence-electron chi connectivity index (χ2n) is 5.63. The minimum absolute atomic E-state index is 0.133. The quantitative estimate of drug-likeness (QED) is 0.756. The van der Waals surface area contributed by atoms with Gasteiger partial charge >= 0.3 is 5.97 Å². The monoisotopic (exact) mass is 295 g/mol. The maximum atomic E-state index is 12.2. The summed E-state index contributed by atoms with van der Waals surface area (Å²) in [6.07, 6.45) is 0. The van der Waals surface area contributed by atoms with Gasteiger partial charge in [0.25, 0.3) is 5.56 Å². The molecule has 5 nitrogen and oxygen atoms in total. The lowest BCUT2D eigenvalue weighted by atomic mass is 10.1. The van der Waals surface area contributed by atoms with Crippen molar-refractivity contribution in [1.29, 1.82) is 0 Å². The van der Waals surface area contributed by atoms with Gasteiger partial charge in [-0.1, -0.05) is 0 Å². The maximum Gasteiger partial charge on any atom is 0.340 e. The van der Waals surface area contributed by atoms with Crippen molar-refractivity contribution in [3.05, 3.63) is 33.2 Å². The largest absolute Gasteiger partial charge is 0.462 e. The Morgan fingerprint density at radius 3 is 2.38 bits per heavy atom. The molecule has 118 valence electrons. The van der Waals surface area contributed by atoms with Gasteiger partial charge in [0.15, 0.2) is 0 Å². The number of aromatic nitrogens is 1. The van der Waals surface area contributed by atoms with Crippen LogP contribution in [0.15, 0.2) is 10.9 Å². The van der Waals surface area contributed by atoms with Crippen LogP contribution >= 0.6 is 0 Å². The normalized spacial score (nSPS) is 11.5. The van der Waals surface area contributed by atoms with E-state index in [-0.39, 0.29) is 5.56 Å². The second kappa shape index (κ2) is 6.89. The maximum absolute atomic E-state index is 12.2. The number of hydrogen-bond donors (Lipinski definition) is 0. The van der Waals surface area contributed by atoms with Crippen LogP contribution in [0.4, 0.5) is 0 Å². The molecule has 0 spiro atoms. The van der Waals surface area contributed by atoms with Crippen LogP contribution in [0.25, 0.3) is 0 Å². The lowest BCUT2D eigenvalue weighted by Crippen LogP contribution is -2.37. The number of rotatable bonds is 6. The highest BCUT2D eigenvalue weighted by atomic mass is 16.5. The van der Waals surface area contributed by atoms with E-state index in [1.54, 1.807) is 25.3 Å². The predicted molar refractivity (Wildman–Crippen MR) is 81.8 cm³/mol. The third-order valence-electron chi connectivity index (χ3n) is 3.32. The van der Waals surface area contributed by atoms with Crippen molar-refractivity contribution < 1.29 is 14.3 Å². The highest BCUT2D eigenvalue weighted by Crippen LogP contribution is 2.17. The molecule has 0 aromatic carbocycles. The molecule has 0 atom stereocenters. The van der Waals surface area contributed by atoms with Crippen molar-refractivity contribution in [3.8, 4) is 0 Å². The molecule has 0 aliphatic rings. The van der Waals surface area contributed by atoms with Gasteiger partial charge in [0, 0.05) is 18.4 Å². The molecule has 1 aromatic heterocycles. The average molecular weight is 295 g/mol. The second-order valence-corrected chi connectivity index (χ2v) is 5.63. The van der Waals surface area contributed by atoms with Crippen LogP contribution < -0.4 is 5.56 Å². The van der Waals surface area contributed by atoms with Crippen LogP contribution in [0, 0.1) is 13.8 Å². The van der Waals surface area contributed by atoms with Gasteiger partial charge in [-0.3, -0.25) is 4.79 Å². The third-order valence-corrected chi connectivity index (χ3v) is 3.32. The van der Waals surface area contributed by atoms with Gasteiger partial charge in [0.2, 0.25) is 0 Å². The highest BCUT2D eigenvalue weighted by Gasteiger charge is 2.23. The molecule has 0 aliphatic carbocycles. The summed E-state index contributed by atoms with van der Waals surface area (Å²) in [4.78, 5) is 24.3. The fraction of sp³-hybridized carbons (Fsp3) is 0.625. The van der Waals surface area contributed by atoms with E-state index in [1.165, 1.54) is 6.07 Å². The minimum Gasteiger partial charge on any atom is -0.462 e. The number of aryl methyl sites for hydroxylation is 1. The Bertz CT molecular complexity index is 572. The summed E-state index contributed by atoms with van der Waals surface area (Å²) in [5, 5.41) is 0. The fourth-order valence-electron chi connectivity index (χ4n) is 2.45. The van der Waals surface area contributed by atoms with E-state index >= 15 is 0 Å². The standard InChI is InChI=1S/C16H25NO4/c1-7-20-15(19)14-11(3)9-13(18)17(12(14)4)10-16(5,6)21-8-2/h9H,7-8,10H2,1-6H3. The van der Waals surface area contributed by atoms with Crippen LogP contribution in [-0.2, 0) is 16.0 Å². The summed E-state index contributed by atoms with van der Waals surface area (Å²) in [6.45, 7) is 12.3. The number of ether oxygens (including phenoxy) is 2. The van der Waals surface area contributed by atoms with Gasteiger partial charge in [0.1, 0.15) is 0 Å². The van der Waals surface area contributed by atoms with Gasteiger partial charge in [-0.25, -0.2) is 4.79 Å². The molecule has 0 N–H and O–H groups in total. The van der Waals surface area contributed by atoms with E-state index in [9.17, 15) is 9.59 Å². The minimum atomic E-state index is -0.482. The lowest BCUT2D eigenvalue weighted by Gasteiger charge is -2.27. The number of hydrogen-bond acceptors (Lipinski definition) is 4. The molecular weight excluding hydrogens is 270 g/mol. The zero-order chi connectivity index (χ0) is 16.2. The molecule has 0 fully saturated rings. The molecular formula is C16H25NO4. The topological polar surface area (TPSA) is 57.5 Å². The molecule has 0 radical (unpaired) electrons. The SMILES string of the molecule is CCOC(=O)c1c(C)cc(=O)n(CC(C)(C)OCC)c1C. The number of nitrogens with zero attached hydrogens (tertiary/aromatic N) is 1. The lowest BCUT2D eigenvalue weighted by molar-refractivity contribution is -0.0235. The van der Waals surface area contributed by atoms with Crippen molar-refractivity contribution in [2.75, 3.05) is 13.2 Å². The van der Waals surface area contributed by atoms with Gasteiger partial charge in [-0.15, -0.1) is 0 Å². The Balaban J connectivity index is 3.31. The highest BCUT2D eigenvalue weighted by molar-refractivity contribution is 5.92. The molecule has 0 unspecified atom stereocenters. The average Bonchev–Trinajstić information content (AvgIpc) is 2.34. The number of carbonyl (C=O) groups is 1. The first-order valence-corrected chi connectivity index (χ1v) is 7.25. The van der Waals surface area contributed by atoms with Crippen LogP contribution in [-0.4, -0.2) is 29.4 Å². The van der Waals surface area contributed by atoms with Crippen LogP contribution in [0.2, 0.25) is 0 Å². The van der Waals surface area contributed by atoms with Crippen LogP contribution in [0.5, 0.6) is 0 Å². The third kappa shape index (κ3) is 4.17. The summed E-state index contributed by atoms with van der Waals surface area (Å²) in [7, 11) is 0. The molecule has 1 rings (SSSR count). The van der Waals surface area contributed by atoms with Crippen molar-refractivity contribution in [3.63, 3.8) is 0 Å². The molecule has 0 saturated carbocycles. The van der Waals surface area contributed by atoms with Crippen LogP contribution in [0.1, 0.15) is 49.3 Å². The summed E-state index contributed by atoms with van der Waals surface area (Å²) in [6, 6.07) is 1.47. The van der Waals surface area contributed by atoms with Crippen LogP contribution in [0.3, 0.4) is 0 Å². The summed E-state index contributed by atoms with van der Waals surface area (Å²) in [5.41, 5.74) is 1.10. The Labute approximate surface area is 125 Å². The Kier molecular flexibility index (Phi) is 5.72. The molecule has 0 aliphatic heterocycles. The summed E-state index contributed by atoms with van der Waals surface area (Å²) >= 11 is 0. The van der Waals surface area contributed by atoms with E-state index in [4.69, 9.17) is 9.47 Å². The summed E-state index contributed by atoms with van der Waals surface area (Å²) in [5.74, 6) is -0.393. The van der Waals surface area contributed by atoms with E-state index in [0.29, 0.717) is 36.6 Å². The van der Waals surface area contributed by atoms with Gasteiger partial charge in [-0.05, 0) is 47.1 Å². The Morgan fingerprint density at radius 1 is 1.24 bits per heavy atom. The number of pyridine rings is 1. The van der Waals surface area contributed by atoms with Gasteiger partial charge < -0.3 is 14.0 Å². The van der Waals surface area contributed by atoms with Gasteiger partial charge in [0.05, 0.1) is 24.3 Å². The van der Waals surface area contributed by atoms with E-state index in [0.717, 1.165) is 0 Å². The summed E-state index contributed by atoms with van der Waals surface area (Å²) < 4.78 is 12.3. The number of esters is 1.